The molecule has 114 valence electrons. The van der Waals surface area contributed by atoms with Gasteiger partial charge in [-0.1, -0.05) is 30.3 Å². The first-order valence-corrected chi connectivity index (χ1v) is 7.43. The maximum Gasteiger partial charge on any atom is 0.221 e. The minimum atomic E-state index is -0.789. The predicted molar refractivity (Wildman–Crippen MR) is 84.0 cm³/mol. The van der Waals surface area contributed by atoms with Crippen molar-refractivity contribution in [3.05, 3.63) is 48.0 Å². The Balaban J connectivity index is 1.90. The molecule has 2 N–H and O–H groups in total. The molecule has 1 fully saturated rings. The van der Waals surface area contributed by atoms with Gasteiger partial charge in [-0.3, -0.25) is 9.69 Å². The number of aryl methyl sites for hydroxylation is 1. The highest BCUT2D eigenvalue weighted by molar-refractivity contribution is 5.76. The Morgan fingerprint density at radius 1 is 1.52 bits per heavy atom. The molecule has 0 aliphatic carbocycles. The van der Waals surface area contributed by atoms with E-state index in [-0.39, 0.29) is 5.91 Å². The van der Waals surface area contributed by atoms with Gasteiger partial charge in [-0.15, -0.1) is 6.58 Å². The zero-order valence-electron chi connectivity index (χ0n) is 12.6. The average molecular weight is 288 g/mol. The minimum absolute atomic E-state index is 0.0289. The van der Waals surface area contributed by atoms with Gasteiger partial charge in [-0.2, -0.15) is 0 Å². The Labute approximate surface area is 126 Å². The first kappa shape index (κ1) is 15.7. The number of hydrogen-bond donors (Lipinski definition) is 2. The molecule has 4 heteroatoms. The van der Waals surface area contributed by atoms with Crippen LogP contribution in [0.1, 0.15) is 24.0 Å². The van der Waals surface area contributed by atoms with Crippen LogP contribution in [0.25, 0.3) is 0 Å². The van der Waals surface area contributed by atoms with Crippen molar-refractivity contribution >= 4 is 5.91 Å². The fourth-order valence-electron chi connectivity index (χ4n) is 2.91. The Morgan fingerprint density at radius 3 is 3.00 bits per heavy atom. The number of nitrogens with one attached hydrogen (secondary N) is 1. The van der Waals surface area contributed by atoms with Crippen LogP contribution in [0.2, 0.25) is 0 Å². The number of aliphatic hydroxyl groups is 1. The summed E-state index contributed by atoms with van der Waals surface area (Å²) in [6.07, 6.45) is 2.84. The minimum Gasteiger partial charge on any atom is -0.384 e. The molecule has 1 amide bonds. The summed E-state index contributed by atoms with van der Waals surface area (Å²) in [5.74, 6) is 0.0289. The predicted octanol–water partition coefficient (Wildman–Crippen LogP) is 1.58. The van der Waals surface area contributed by atoms with Crippen molar-refractivity contribution in [1.82, 2.24) is 10.2 Å². The molecule has 1 aromatic rings. The third kappa shape index (κ3) is 3.93. The Bertz CT molecular complexity index is 515. The van der Waals surface area contributed by atoms with Gasteiger partial charge >= 0.3 is 0 Å². The number of hydrogen-bond acceptors (Lipinski definition) is 3. The van der Waals surface area contributed by atoms with Crippen molar-refractivity contribution in [2.75, 3.05) is 26.2 Å². The summed E-state index contributed by atoms with van der Waals surface area (Å²) in [4.78, 5) is 13.7. The molecule has 0 radical (unpaired) electrons. The van der Waals surface area contributed by atoms with Gasteiger partial charge in [0.15, 0.2) is 0 Å². The van der Waals surface area contributed by atoms with Crippen molar-refractivity contribution in [3.63, 3.8) is 0 Å². The first-order valence-electron chi connectivity index (χ1n) is 7.43. The number of rotatable bonds is 6. The lowest BCUT2D eigenvalue weighted by Crippen LogP contribution is -2.34. The highest BCUT2D eigenvalue weighted by Crippen LogP contribution is 2.33. The van der Waals surface area contributed by atoms with Crippen LogP contribution < -0.4 is 5.32 Å². The van der Waals surface area contributed by atoms with E-state index in [1.165, 1.54) is 0 Å². The topological polar surface area (TPSA) is 52.6 Å². The van der Waals surface area contributed by atoms with E-state index >= 15 is 0 Å². The zero-order valence-corrected chi connectivity index (χ0v) is 12.6. The van der Waals surface area contributed by atoms with E-state index in [2.05, 4.69) is 16.8 Å². The number of nitrogens with zero attached hydrogens (tertiary/aromatic N) is 1. The molecule has 0 spiro atoms. The van der Waals surface area contributed by atoms with Crippen LogP contribution in [0.5, 0.6) is 0 Å². The normalized spacial score (nSPS) is 22.2. The molecular weight excluding hydrogens is 264 g/mol. The number of carbonyl (C=O) groups excluding carboxylic acids is 1. The highest BCUT2D eigenvalue weighted by atomic mass is 16.3. The van der Waals surface area contributed by atoms with E-state index < -0.39 is 5.60 Å². The molecule has 4 nitrogen and oxygen atoms in total. The molecule has 1 heterocycles. The lowest BCUT2D eigenvalue weighted by atomic mass is 9.89. The fourth-order valence-corrected chi connectivity index (χ4v) is 2.91. The zero-order chi connectivity index (χ0) is 15.3. The van der Waals surface area contributed by atoms with Gasteiger partial charge in [0.05, 0.1) is 0 Å². The summed E-state index contributed by atoms with van der Waals surface area (Å²) in [5, 5.41) is 13.6. The molecule has 2 rings (SSSR count). The fraction of sp³-hybridized carbons (Fsp3) is 0.471. The van der Waals surface area contributed by atoms with Crippen LogP contribution in [-0.4, -0.2) is 42.1 Å². The largest absolute Gasteiger partial charge is 0.384 e. The third-order valence-electron chi connectivity index (χ3n) is 4.07. The van der Waals surface area contributed by atoms with E-state index in [9.17, 15) is 9.90 Å². The van der Waals surface area contributed by atoms with Gasteiger partial charge in [-0.25, -0.2) is 0 Å². The van der Waals surface area contributed by atoms with Crippen LogP contribution in [0.3, 0.4) is 0 Å². The number of carbonyl (C=O) groups is 1. The lowest BCUT2D eigenvalue weighted by Gasteiger charge is -2.25. The van der Waals surface area contributed by atoms with Crippen molar-refractivity contribution < 1.29 is 9.90 Å². The van der Waals surface area contributed by atoms with E-state index in [1.54, 1.807) is 6.08 Å². The molecule has 0 bridgehead atoms. The molecular formula is C17H24N2O2. The van der Waals surface area contributed by atoms with Crippen molar-refractivity contribution in [3.8, 4) is 0 Å². The Morgan fingerprint density at radius 2 is 2.29 bits per heavy atom. The monoisotopic (exact) mass is 288 g/mol. The number of β-amino-alcohol motifs (C(OH)–C–C–N with tert-alkyl or cyclic N) is 1. The van der Waals surface area contributed by atoms with Gasteiger partial charge in [0.25, 0.3) is 0 Å². The standard InChI is InChI=1S/C17H24N2O2/c1-3-10-18-16(20)8-11-19-12-9-17(21,13-19)15-7-5-4-6-14(15)2/h3-7,21H,1,8-13H2,2H3,(H,18,20). The van der Waals surface area contributed by atoms with Gasteiger partial charge in [-0.05, 0) is 24.5 Å². The highest BCUT2D eigenvalue weighted by Gasteiger charge is 2.38. The molecule has 0 aromatic heterocycles. The summed E-state index contributed by atoms with van der Waals surface area (Å²) in [5.41, 5.74) is 1.33. The summed E-state index contributed by atoms with van der Waals surface area (Å²) in [7, 11) is 0. The maximum atomic E-state index is 11.6. The number of amides is 1. The molecule has 1 unspecified atom stereocenters. The van der Waals surface area contributed by atoms with E-state index in [0.29, 0.717) is 32.5 Å². The molecule has 1 atom stereocenters. The van der Waals surface area contributed by atoms with Gasteiger partial charge < -0.3 is 10.4 Å². The molecule has 1 aliphatic heterocycles. The lowest BCUT2D eigenvalue weighted by molar-refractivity contribution is -0.121. The molecule has 0 saturated carbocycles. The molecule has 21 heavy (non-hydrogen) atoms. The maximum absolute atomic E-state index is 11.6. The van der Waals surface area contributed by atoms with Crippen molar-refractivity contribution in [2.24, 2.45) is 0 Å². The quantitative estimate of drug-likeness (QED) is 0.782. The second kappa shape index (κ2) is 6.87. The summed E-state index contributed by atoms with van der Waals surface area (Å²) < 4.78 is 0. The molecule has 1 aromatic carbocycles. The van der Waals surface area contributed by atoms with Crippen LogP contribution in [0, 0.1) is 6.92 Å². The van der Waals surface area contributed by atoms with Crippen molar-refractivity contribution in [1.29, 1.82) is 0 Å². The summed E-state index contributed by atoms with van der Waals surface area (Å²) in [6.45, 7) is 8.19. The van der Waals surface area contributed by atoms with Crippen LogP contribution in [-0.2, 0) is 10.4 Å². The number of benzene rings is 1. The second-order valence-electron chi connectivity index (χ2n) is 5.72. The average Bonchev–Trinajstić information content (AvgIpc) is 2.86. The van der Waals surface area contributed by atoms with E-state index in [0.717, 1.165) is 17.7 Å². The Kier molecular flexibility index (Phi) is 5.15. The van der Waals surface area contributed by atoms with Gasteiger partial charge in [0.1, 0.15) is 5.60 Å². The summed E-state index contributed by atoms with van der Waals surface area (Å²) >= 11 is 0. The van der Waals surface area contributed by atoms with Crippen molar-refractivity contribution in [2.45, 2.75) is 25.4 Å². The van der Waals surface area contributed by atoms with Gasteiger partial charge in [0, 0.05) is 32.6 Å². The second-order valence-corrected chi connectivity index (χ2v) is 5.72. The SMILES string of the molecule is C=CCNC(=O)CCN1CCC(O)(c2ccccc2C)C1. The van der Waals surface area contributed by atoms with E-state index in [4.69, 9.17) is 0 Å². The molecule has 1 saturated heterocycles. The third-order valence-corrected chi connectivity index (χ3v) is 4.07. The first-order chi connectivity index (χ1) is 10.0. The van der Waals surface area contributed by atoms with Gasteiger partial charge in [0.2, 0.25) is 5.91 Å². The molecule has 1 aliphatic rings. The smallest absolute Gasteiger partial charge is 0.221 e. The Hall–Kier alpha value is -1.65. The number of likely N-dealkylation sites (tertiary alicyclic amines) is 1. The van der Waals surface area contributed by atoms with Crippen LogP contribution in [0.4, 0.5) is 0 Å². The van der Waals surface area contributed by atoms with E-state index in [1.807, 2.05) is 31.2 Å². The van der Waals surface area contributed by atoms with Crippen LogP contribution in [0.15, 0.2) is 36.9 Å². The summed E-state index contributed by atoms with van der Waals surface area (Å²) in [6, 6.07) is 7.97. The van der Waals surface area contributed by atoms with Crippen LogP contribution >= 0.6 is 0 Å².